The summed E-state index contributed by atoms with van der Waals surface area (Å²) >= 11 is 5.65. The topological polar surface area (TPSA) is 66.2 Å². The number of aromatic nitrogens is 1. The number of carbonyl (C=O) groups excluding carboxylic acids is 1. The van der Waals surface area contributed by atoms with Crippen molar-refractivity contribution in [2.45, 2.75) is 6.10 Å². The van der Waals surface area contributed by atoms with Crippen LogP contribution in [0.1, 0.15) is 10.4 Å². The van der Waals surface area contributed by atoms with E-state index in [1.807, 2.05) is 6.07 Å². The van der Waals surface area contributed by atoms with Crippen molar-refractivity contribution >= 4 is 17.5 Å². The minimum absolute atomic E-state index is 0.155. The maximum absolute atomic E-state index is 12.1. The molecule has 0 spiro atoms. The van der Waals surface area contributed by atoms with E-state index in [9.17, 15) is 4.79 Å². The number of hydrogen-bond acceptors (Lipinski definition) is 4. The number of amides is 1. The molecule has 2 heterocycles. The average Bonchev–Trinajstić information content (AvgIpc) is 2.39. The van der Waals surface area contributed by atoms with E-state index in [2.05, 4.69) is 4.98 Å². The highest BCUT2D eigenvalue weighted by Gasteiger charge is 2.24. The minimum atomic E-state index is -0.548. The van der Waals surface area contributed by atoms with Crippen LogP contribution < -0.4 is 0 Å². The Morgan fingerprint density at radius 2 is 2.47 bits per heavy atom. The molecule has 1 aromatic rings. The van der Waals surface area contributed by atoms with E-state index >= 15 is 0 Å². The van der Waals surface area contributed by atoms with Crippen LogP contribution in [0.3, 0.4) is 0 Å². The van der Waals surface area contributed by atoms with E-state index < -0.39 is 6.10 Å². The van der Waals surface area contributed by atoms with Crippen LogP contribution in [0, 0.1) is 11.3 Å². The van der Waals surface area contributed by atoms with Crippen LogP contribution in [0.25, 0.3) is 0 Å². The number of morpholine rings is 1. The van der Waals surface area contributed by atoms with Gasteiger partial charge in [0.2, 0.25) is 0 Å². The Morgan fingerprint density at radius 1 is 1.65 bits per heavy atom. The van der Waals surface area contributed by atoms with Crippen molar-refractivity contribution < 1.29 is 9.53 Å². The predicted octanol–water partition coefficient (Wildman–Crippen LogP) is 1.10. The lowest BCUT2D eigenvalue weighted by molar-refractivity contribution is 0.00345. The van der Waals surface area contributed by atoms with Gasteiger partial charge in [0.25, 0.3) is 5.91 Å². The van der Waals surface area contributed by atoms with Gasteiger partial charge in [-0.2, -0.15) is 5.26 Å². The Morgan fingerprint density at radius 3 is 3.12 bits per heavy atom. The monoisotopic (exact) mass is 251 g/mol. The van der Waals surface area contributed by atoms with Crippen molar-refractivity contribution in [1.82, 2.24) is 9.88 Å². The number of ether oxygens (including phenoxy) is 1. The average molecular weight is 252 g/mol. The number of rotatable bonds is 1. The highest BCUT2D eigenvalue weighted by Crippen LogP contribution is 2.11. The molecule has 1 unspecified atom stereocenters. The van der Waals surface area contributed by atoms with Crippen LogP contribution >= 0.6 is 11.6 Å². The lowest BCUT2D eigenvalue weighted by Gasteiger charge is -2.29. The quantitative estimate of drug-likeness (QED) is 0.701. The van der Waals surface area contributed by atoms with Crippen LogP contribution in [0.15, 0.2) is 18.3 Å². The summed E-state index contributed by atoms with van der Waals surface area (Å²) < 4.78 is 5.17. The fourth-order valence-corrected chi connectivity index (χ4v) is 1.71. The first-order chi connectivity index (χ1) is 8.20. The van der Waals surface area contributed by atoms with Gasteiger partial charge in [-0.15, -0.1) is 0 Å². The SMILES string of the molecule is N#CC1CN(C(=O)c2ccc(Cl)nc2)CCO1. The van der Waals surface area contributed by atoms with E-state index in [1.165, 1.54) is 6.20 Å². The summed E-state index contributed by atoms with van der Waals surface area (Å²) in [6.45, 7) is 1.16. The molecule has 1 aliphatic heterocycles. The van der Waals surface area contributed by atoms with E-state index in [-0.39, 0.29) is 12.5 Å². The van der Waals surface area contributed by atoms with E-state index in [0.29, 0.717) is 23.9 Å². The number of hydrogen-bond donors (Lipinski definition) is 0. The van der Waals surface area contributed by atoms with E-state index in [1.54, 1.807) is 17.0 Å². The molecule has 0 saturated carbocycles. The first-order valence-corrected chi connectivity index (χ1v) is 5.50. The van der Waals surface area contributed by atoms with Gasteiger partial charge < -0.3 is 9.64 Å². The Hall–Kier alpha value is -1.64. The third kappa shape index (κ3) is 2.73. The first-order valence-electron chi connectivity index (χ1n) is 5.13. The number of nitrogens with zero attached hydrogens (tertiary/aromatic N) is 3. The molecule has 2 rings (SSSR count). The van der Waals surface area contributed by atoms with Crippen molar-refractivity contribution in [3.8, 4) is 6.07 Å². The van der Waals surface area contributed by atoms with Gasteiger partial charge in [-0.3, -0.25) is 4.79 Å². The van der Waals surface area contributed by atoms with Crippen LogP contribution in [0.5, 0.6) is 0 Å². The molecule has 6 heteroatoms. The fourth-order valence-electron chi connectivity index (χ4n) is 1.60. The molecular weight excluding hydrogens is 242 g/mol. The van der Waals surface area contributed by atoms with Crippen molar-refractivity contribution in [2.75, 3.05) is 19.7 Å². The van der Waals surface area contributed by atoms with E-state index in [0.717, 1.165) is 0 Å². The molecule has 1 fully saturated rings. The number of pyridine rings is 1. The predicted molar refractivity (Wildman–Crippen MR) is 60.5 cm³/mol. The largest absolute Gasteiger partial charge is 0.360 e. The molecule has 88 valence electrons. The molecule has 5 nitrogen and oxygen atoms in total. The molecule has 1 saturated heterocycles. The summed E-state index contributed by atoms with van der Waals surface area (Å²) in [5.41, 5.74) is 0.466. The second kappa shape index (κ2) is 5.13. The fraction of sp³-hybridized carbons (Fsp3) is 0.364. The Kier molecular flexibility index (Phi) is 3.57. The van der Waals surface area contributed by atoms with Gasteiger partial charge in [-0.25, -0.2) is 4.98 Å². The van der Waals surface area contributed by atoms with Gasteiger partial charge in [-0.05, 0) is 12.1 Å². The van der Waals surface area contributed by atoms with Gasteiger partial charge >= 0.3 is 0 Å². The number of halogens is 1. The van der Waals surface area contributed by atoms with Crippen LogP contribution in [-0.4, -0.2) is 41.6 Å². The molecule has 0 aromatic carbocycles. The van der Waals surface area contributed by atoms with Crippen LogP contribution in [0.4, 0.5) is 0 Å². The zero-order chi connectivity index (χ0) is 12.3. The van der Waals surface area contributed by atoms with Crippen LogP contribution in [-0.2, 0) is 4.74 Å². The van der Waals surface area contributed by atoms with E-state index in [4.69, 9.17) is 21.6 Å². The standard InChI is InChI=1S/C11H10ClN3O2/c12-10-2-1-8(6-14-10)11(16)15-3-4-17-9(5-13)7-15/h1-2,6,9H,3-4,7H2. The molecule has 1 atom stereocenters. The second-order valence-corrected chi connectivity index (χ2v) is 4.00. The lowest BCUT2D eigenvalue weighted by Crippen LogP contribution is -2.45. The molecule has 0 aliphatic carbocycles. The molecule has 0 radical (unpaired) electrons. The molecule has 1 aliphatic rings. The Bertz CT molecular complexity index is 455. The number of carbonyl (C=O) groups is 1. The third-order valence-corrected chi connectivity index (χ3v) is 2.70. The van der Waals surface area contributed by atoms with Crippen molar-refractivity contribution in [1.29, 1.82) is 5.26 Å². The Labute approximate surface area is 104 Å². The molecule has 17 heavy (non-hydrogen) atoms. The summed E-state index contributed by atoms with van der Waals surface area (Å²) in [5.74, 6) is -0.155. The summed E-state index contributed by atoms with van der Waals surface area (Å²) in [4.78, 5) is 17.5. The molecule has 0 N–H and O–H groups in total. The minimum Gasteiger partial charge on any atom is -0.360 e. The van der Waals surface area contributed by atoms with Gasteiger partial charge in [0.15, 0.2) is 6.10 Å². The van der Waals surface area contributed by atoms with Gasteiger partial charge in [0, 0.05) is 12.7 Å². The lowest BCUT2D eigenvalue weighted by atomic mass is 10.2. The summed E-state index contributed by atoms with van der Waals surface area (Å²) in [6, 6.07) is 5.18. The molecule has 1 aromatic heterocycles. The highest BCUT2D eigenvalue weighted by molar-refractivity contribution is 6.29. The summed E-state index contributed by atoms with van der Waals surface area (Å²) in [7, 11) is 0. The third-order valence-electron chi connectivity index (χ3n) is 2.47. The molecular formula is C11H10ClN3O2. The van der Waals surface area contributed by atoms with Gasteiger partial charge in [0.1, 0.15) is 5.15 Å². The second-order valence-electron chi connectivity index (χ2n) is 3.61. The van der Waals surface area contributed by atoms with Crippen molar-refractivity contribution in [2.24, 2.45) is 0 Å². The summed E-state index contributed by atoms with van der Waals surface area (Å²) in [5, 5.41) is 9.10. The van der Waals surface area contributed by atoms with Crippen molar-refractivity contribution in [3.63, 3.8) is 0 Å². The normalized spacial score (nSPS) is 19.8. The van der Waals surface area contributed by atoms with Crippen LogP contribution in [0.2, 0.25) is 5.15 Å². The molecule has 0 bridgehead atoms. The highest BCUT2D eigenvalue weighted by atomic mass is 35.5. The zero-order valence-electron chi connectivity index (χ0n) is 8.97. The first kappa shape index (κ1) is 11.8. The molecule has 1 amide bonds. The zero-order valence-corrected chi connectivity index (χ0v) is 9.72. The smallest absolute Gasteiger partial charge is 0.255 e. The Balaban J connectivity index is 2.09. The maximum atomic E-state index is 12.1. The maximum Gasteiger partial charge on any atom is 0.255 e. The van der Waals surface area contributed by atoms with Crippen molar-refractivity contribution in [3.05, 3.63) is 29.0 Å². The van der Waals surface area contributed by atoms with Gasteiger partial charge in [0.05, 0.1) is 24.8 Å². The number of nitriles is 1. The summed E-state index contributed by atoms with van der Waals surface area (Å²) in [6.07, 6.45) is 0.884. The van der Waals surface area contributed by atoms with Gasteiger partial charge in [-0.1, -0.05) is 11.6 Å².